The summed E-state index contributed by atoms with van der Waals surface area (Å²) < 4.78 is 5.08. The maximum atomic E-state index is 5.66. The second-order valence-corrected chi connectivity index (χ2v) is 4.02. The number of nitrogen functional groups attached to an aromatic ring is 1. The third kappa shape index (κ3) is 2.88. The molecule has 2 aromatic rings. The zero-order chi connectivity index (χ0) is 13.0. The van der Waals surface area contributed by atoms with Crippen LogP contribution in [0.25, 0.3) is 0 Å². The van der Waals surface area contributed by atoms with Crippen molar-refractivity contribution in [1.82, 2.24) is 9.97 Å². The Kier molecular flexibility index (Phi) is 3.62. The average molecular weight is 244 g/mol. The van der Waals surface area contributed by atoms with Crippen LogP contribution in [0, 0.1) is 0 Å². The molecule has 0 radical (unpaired) electrons. The Hall–Kier alpha value is -2.30. The SMILES string of the molecule is COc1cc(N(C)Cc2ccc(N)cc2)ncn1. The molecule has 0 amide bonds. The number of methoxy groups -OCH3 is 1. The second-order valence-electron chi connectivity index (χ2n) is 4.02. The molecule has 1 aromatic heterocycles. The Labute approximate surface area is 106 Å². The first kappa shape index (κ1) is 12.2. The Balaban J connectivity index is 2.11. The summed E-state index contributed by atoms with van der Waals surface area (Å²) in [7, 11) is 3.56. The predicted molar refractivity (Wildman–Crippen MR) is 71.5 cm³/mol. The van der Waals surface area contributed by atoms with Crippen LogP contribution >= 0.6 is 0 Å². The van der Waals surface area contributed by atoms with Crippen molar-refractivity contribution in [3.8, 4) is 5.88 Å². The molecule has 94 valence electrons. The van der Waals surface area contributed by atoms with Gasteiger partial charge in [0.15, 0.2) is 0 Å². The molecule has 0 atom stereocenters. The van der Waals surface area contributed by atoms with Crippen LogP contribution in [0.4, 0.5) is 11.5 Å². The smallest absolute Gasteiger partial charge is 0.218 e. The Bertz CT molecular complexity index is 513. The van der Waals surface area contributed by atoms with Crippen LogP contribution in [0.1, 0.15) is 5.56 Å². The fraction of sp³-hybridized carbons (Fsp3) is 0.231. The number of hydrogen-bond acceptors (Lipinski definition) is 5. The van der Waals surface area contributed by atoms with Crippen molar-refractivity contribution in [2.75, 3.05) is 24.8 Å². The van der Waals surface area contributed by atoms with Gasteiger partial charge in [-0.3, -0.25) is 0 Å². The molecular weight excluding hydrogens is 228 g/mol. The zero-order valence-corrected chi connectivity index (χ0v) is 10.5. The summed E-state index contributed by atoms with van der Waals surface area (Å²) in [5, 5.41) is 0. The van der Waals surface area contributed by atoms with Crippen LogP contribution < -0.4 is 15.4 Å². The molecule has 0 spiro atoms. The second kappa shape index (κ2) is 5.35. The molecule has 2 N–H and O–H groups in total. The van der Waals surface area contributed by atoms with Crippen LogP contribution in [-0.2, 0) is 6.54 Å². The molecule has 0 aliphatic rings. The van der Waals surface area contributed by atoms with Gasteiger partial charge in [-0.15, -0.1) is 0 Å². The highest BCUT2D eigenvalue weighted by molar-refractivity contribution is 5.43. The average Bonchev–Trinajstić information content (AvgIpc) is 2.41. The van der Waals surface area contributed by atoms with Crippen LogP contribution in [0.2, 0.25) is 0 Å². The normalized spacial score (nSPS) is 10.1. The third-order valence-electron chi connectivity index (χ3n) is 2.63. The summed E-state index contributed by atoms with van der Waals surface area (Å²) in [4.78, 5) is 10.2. The fourth-order valence-corrected chi connectivity index (χ4v) is 1.63. The Morgan fingerprint density at radius 3 is 2.61 bits per heavy atom. The minimum absolute atomic E-state index is 0.559. The lowest BCUT2D eigenvalue weighted by molar-refractivity contribution is 0.397. The van der Waals surface area contributed by atoms with E-state index in [4.69, 9.17) is 10.5 Å². The van der Waals surface area contributed by atoms with E-state index in [1.165, 1.54) is 11.9 Å². The van der Waals surface area contributed by atoms with Crippen LogP contribution in [0.3, 0.4) is 0 Å². The molecular formula is C13H16N4O. The zero-order valence-electron chi connectivity index (χ0n) is 10.5. The van der Waals surface area contributed by atoms with E-state index in [1.54, 1.807) is 13.2 Å². The topological polar surface area (TPSA) is 64.3 Å². The molecule has 0 aliphatic carbocycles. The summed E-state index contributed by atoms with van der Waals surface area (Å²) >= 11 is 0. The Morgan fingerprint density at radius 2 is 1.94 bits per heavy atom. The van der Waals surface area contributed by atoms with Crippen molar-refractivity contribution in [2.45, 2.75) is 6.54 Å². The van der Waals surface area contributed by atoms with E-state index in [9.17, 15) is 0 Å². The standard InChI is InChI=1S/C13H16N4O/c1-17(8-10-3-5-11(14)6-4-10)12-7-13(18-2)16-9-15-12/h3-7,9H,8,14H2,1-2H3. The lowest BCUT2D eigenvalue weighted by Gasteiger charge is -2.18. The van der Waals surface area contributed by atoms with E-state index in [1.807, 2.05) is 36.2 Å². The first-order valence-corrected chi connectivity index (χ1v) is 5.60. The van der Waals surface area contributed by atoms with Gasteiger partial charge < -0.3 is 15.4 Å². The molecule has 0 bridgehead atoms. The summed E-state index contributed by atoms with van der Waals surface area (Å²) in [6, 6.07) is 9.60. The number of nitrogens with two attached hydrogens (primary N) is 1. The highest BCUT2D eigenvalue weighted by Gasteiger charge is 2.05. The monoisotopic (exact) mass is 244 g/mol. The maximum absolute atomic E-state index is 5.66. The van der Waals surface area contributed by atoms with Crippen molar-refractivity contribution in [3.05, 3.63) is 42.2 Å². The molecule has 5 heteroatoms. The van der Waals surface area contributed by atoms with Crippen molar-refractivity contribution in [2.24, 2.45) is 0 Å². The molecule has 0 unspecified atom stereocenters. The third-order valence-corrected chi connectivity index (χ3v) is 2.63. The predicted octanol–water partition coefficient (Wildman–Crippen LogP) is 1.70. The van der Waals surface area contributed by atoms with E-state index in [-0.39, 0.29) is 0 Å². The van der Waals surface area contributed by atoms with Crippen LogP contribution in [-0.4, -0.2) is 24.1 Å². The molecule has 1 heterocycles. The first-order chi connectivity index (χ1) is 8.69. The number of anilines is 2. The number of ether oxygens (including phenoxy) is 1. The van der Waals surface area contributed by atoms with Crippen molar-refractivity contribution >= 4 is 11.5 Å². The van der Waals surface area contributed by atoms with E-state index < -0.39 is 0 Å². The van der Waals surface area contributed by atoms with Gasteiger partial charge in [0.25, 0.3) is 0 Å². The van der Waals surface area contributed by atoms with Crippen molar-refractivity contribution in [1.29, 1.82) is 0 Å². The number of benzene rings is 1. The largest absolute Gasteiger partial charge is 0.481 e. The van der Waals surface area contributed by atoms with E-state index in [0.717, 1.165) is 18.1 Å². The molecule has 5 nitrogen and oxygen atoms in total. The number of hydrogen-bond donors (Lipinski definition) is 1. The van der Waals surface area contributed by atoms with Gasteiger partial charge in [-0.05, 0) is 17.7 Å². The molecule has 18 heavy (non-hydrogen) atoms. The van der Waals surface area contributed by atoms with Crippen molar-refractivity contribution < 1.29 is 4.74 Å². The van der Waals surface area contributed by atoms with Gasteiger partial charge in [0.2, 0.25) is 5.88 Å². The van der Waals surface area contributed by atoms with E-state index >= 15 is 0 Å². The molecule has 0 saturated carbocycles. The first-order valence-electron chi connectivity index (χ1n) is 5.60. The molecule has 2 rings (SSSR count). The molecule has 1 aromatic carbocycles. The highest BCUT2D eigenvalue weighted by Crippen LogP contribution is 2.16. The lowest BCUT2D eigenvalue weighted by Crippen LogP contribution is -2.17. The van der Waals surface area contributed by atoms with E-state index in [2.05, 4.69) is 9.97 Å². The highest BCUT2D eigenvalue weighted by atomic mass is 16.5. The number of aromatic nitrogens is 2. The van der Waals surface area contributed by atoms with Crippen LogP contribution in [0.5, 0.6) is 5.88 Å². The quantitative estimate of drug-likeness (QED) is 0.829. The molecule has 0 saturated heterocycles. The molecule has 0 fully saturated rings. The van der Waals surface area contributed by atoms with Gasteiger partial charge in [0.05, 0.1) is 7.11 Å². The number of nitrogens with zero attached hydrogens (tertiary/aromatic N) is 3. The summed E-state index contributed by atoms with van der Waals surface area (Å²) in [5.41, 5.74) is 7.59. The van der Waals surface area contributed by atoms with Gasteiger partial charge in [-0.1, -0.05) is 12.1 Å². The molecule has 0 aliphatic heterocycles. The number of rotatable bonds is 4. The van der Waals surface area contributed by atoms with E-state index in [0.29, 0.717) is 5.88 Å². The van der Waals surface area contributed by atoms with Gasteiger partial charge in [0, 0.05) is 25.3 Å². The van der Waals surface area contributed by atoms with Crippen LogP contribution in [0.15, 0.2) is 36.7 Å². The van der Waals surface area contributed by atoms with Gasteiger partial charge in [-0.2, -0.15) is 0 Å². The minimum Gasteiger partial charge on any atom is -0.481 e. The summed E-state index contributed by atoms with van der Waals surface area (Å²) in [6.07, 6.45) is 1.49. The van der Waals surface area contributed by atoms with Crippen molar-refractivity contribution in [3.63, 3.8) is 0 Å². The maximum Gasteiger partial charge on any atom is 0.218 e. The van der Waals surface area contributed by atoms with Gasteiger partial charge in [0.1, 0.15) is 12.1 Å². The van der Waals surface area contributed by atoms with Gasteiger partial charge in [-0.25, -0.2) is 9.97 Å². The minimum atomic E-state index is 0.559. The summed E-state index contributed by atoms with van der Waals surface area (Å²) in [6.45, 7) is 0.750. The summed E-state index contributed by atoms with van der Waals surface area (Å²) in [5.74, 6) is 1.38. The Morgan fingerprint density at radius 1 is 1.22 bits per heavy atom. The lowest BCUT2D eigenvalue weighted by atomic mass is 10.2. The van der Waals surface area contributed by atoms with Gasteiger partial charge >= 0.3 is 0 Å². The fourth-order valence-electron chi connectivity index (χ4n) is 1.63.